The van der Waals surface area contributed by atoms with Crippen molar-refractivity contribution in [2.45, 2.75) is 46.6 Å². The van der Waals surface area contributed by atoms with Crippen LogP contribution in [0, 0.1) is 10.8 Å². The van der Waals surface area contributed by atoms with Gasteiger partial charge in [-0.15, -0.1) is 0 Å². The summed E-state index contributed by atoms with van der Waals surface area (Å²) < 4.78 is 0. The smallest absolute Gasteiger partial charge is 0.0517 e. The normalized spacial score (nSPS) is 39.3. The molecule has 0 aromatic rings. The molecule has 60 valence electrons. The van der Waals surface area contributed by atoms with Gasteiger partial charge in [-0.2, -0.15) is 0 Å². The van der Waals surface area contributed by atoms with Crippen LogP contribution in [0.1, 0.15) is 40.5 Å². The van der Waals surface area contributed by atoms with Crippen molar-refractivity contribution in [3.63, 3.8) is 0 Å². The van der Waals surface area contributed by atoms with Crippen LogP contribution in [0.5, 0.6) is 0 Å². The lowest BCUT2D eigenvalue weighted by atomic mass is 9.92. The van der Waals surface area contributed by atoms with E-state index >= 15 is 0 Å². The molecule has 1 fully saturated rings. The maximum Gasteiger partial charge on any atom is 0.0517 e. The summed E-state index contributed by atoms with van der Waals surface area (Å²) in [6.07, 6.45) is 2.09. The molecule has 0 saturated heterocycles. The van der Waals surface area contributed by atoms with Crippen LogP contribution >= 0.6 is 0 Å². The molecule has 0 spiro atoms. The minimum atomic E-state index is -0.133. The molecule has 1 heteroatoms. The fraction of sp³-hybridized carbons (Fsp3) is 1.00. The van der Waals surface area contributed by atoms with Gasteiger partial charge in [0.2, 0.25) is 0 Å². The van der Waals surface area contributed by atoms with Gasteiger partial charge in [-0.1, -0.05) is 20.8 Å². The van der Waals surface area contributed by atoms with Crippen molar-refractivity contribution in [3.8, 4) is 0 Å². The van der Waals surface area contributed by atoms with Crippen molar-refractivity contribution in [1.29, 1.82) is 0 Å². The number of aliphatic hydroxyl groups excluding tert-OH is 1. The molecule has 0 aliphatic heterocycles. The Kier molecular flexibility index (Phi) is 1.59. The third-order valence-corrected chi connectivity index (χ3v) is 3.09. The zero-order chi connectivity index (χ0) is 7.99. The van der Waals surface area contributed by atoms with E-state index in [0.29, 0.717) is 10.8 Å². The Labute approximate surface area is 63.4 Å². The fourth-order valence-electron chi connectivity index (χ4n) is 1.93. The average molecular weight is 142 g/mol. The van der Waals surface area contributed by atoms with Crippen molar-refractivity contribution < 1.29 is 5.11 Å². The van der Waals surface area contributed by atoms with Gasteiger partial charge in [0.25, 0.3) is 0 Å². The minimum absolute atomic E-state index is 0.133. The summed E-state index contributed by atoms with van der Waals surface area (Å²) in [6.45, 7) is 8.68. The van der Waals surface area contributed by atoms with Crippen LogP contribution in [0.3, 0.4) is 0 Å². The van der Waals surface area contributed by atoms with Crippen LogP contribution < -0.4 is 0 Å². The van der Waals surface area contributed by atoms with Gasteiger partial charge in [-0.05, 0) is 30.6 Å². The first-order valence-corrected chi connectivity index (χ1v) is 4.05. The summed E-state index contributed by atoms with van der Waals surface area (Å²) in [4.78, 5) is 0. The SMILES string of the molecule is CC(O)CC1(C)CC1(C)C. The van der Waals surface area contributed by atoms with Crippen LogP contribution in [-0.2, 0) is 0 Å². The summed E-state index contributed by atoms with van der Waals surface area (Å²) in [5, 5.41) is 9.16. The zero-order valence-corrected chi connectivity index (χ0v) is 7.44. The molecule has 10 heavy (non-hydrogen) atoms. The number of rotatable bonds is 2. The summed E-state index contributed by atoms with van der Waals surface area (Å²) >= 11 is 0. The van der Waals surface area contributed by atoms with Crippen LogP contribution in [0.15, 0.2) is 0 Å². The second-order valence-electron chi connectivity index (χ2n) is 4.67. The summed E-state index contributed by atoms with van der Waals surface area (Å²) in [5.41, 5.74) is 0.894. The third-order valence-electron chi connectivity index (χ3n) is 3.09. The predicted molar refractivity (Wildman–Crippen MR) is 42.8 cm³/mol. The highest BCUT2D eigenvalue weighted by atomic mass is 16.3. The average Bonchev–Trinajstić information content (AvgIpc) is 2.01. The Morgan fingerprint density at radius 3 is 1.90 bits per heavy atom. The predicted octanol–water partition coefficient (Wildman–Crippen LogP) is 2.19. The highest BCUT2D eigenvalue weighted by Crippen LogP contribution is 2.65. The highest BCUT2D eigenvalue weighted by Gasteiger charge is 2.57. The van der Waals surface area contributed by atoms with Gasteiger partial charge in [-0.3, -0.25) is 0 Å². The van der Waals surface area contributed by atoms with Gasteiger partial charge in [0.1, 0.15) is 0 Å². The molecule has 0 aromatic carbocycles. The van der Waals surface area contributed by atoms with Crippen molar-refractivity contribution in [3.05, 3.63) is 0 Å². The van der Waals surface area contributed by atoms with Crippen LogP contribution in [-0.4, -0.2) is 11.2 Å². The third kappa shape index (κ3) is 1.20. The molecular formula is C9H18O. The van der Waals surface area contributed by atoms with Crippen LogP contribution in [0.4, 0.5) is 0 Å². The number of aliphatic hydroxyl groups is 1. The molecule has 0 heterocycles. The van der Waals surface area contributed by atoms with E-state index in [2.05, 4.69) is 20.8 Å². The van der Waals surface area contributed by atoms with E-state index in [1.54, 1.807) is 0 Å². The minimum Gasteiger partial charge on any atom is -0.393 e. The monoisotopic (exact) mass is 142 g/mol. The highest BCUT2D eigenvalue weighted by molar-refractivity contribution is 5.06. The topological polar surface area (TPSA) is 20.2 Å². The largest absolute Gasteiger partial charge is 0.393 e. The van der Waals surface area contributed by atoms with E-state index in [9.17, 15) is 0 Å². The lowest BCUT2D eigenvalue weighted by Gasteiger charge is -2.15. The van der Waals surface area contributed by atoms with Crippen molar-refractivity contribution in [1.82, 2.24) is 0 Å². The molecule has 1 N–H and O–H groups in total. The van der Waals surface area contributed by atoms with E-state index in [-0.39, 0.29) is 6.10 Å². The van der Waals surface area contributed by atoms with Crippen LogP contribution in [0.25, 0.3) is 0 Å². The van der Waals surface area contributed by atoms with E-state index in [1.807, 2.05) is 6.92 Å². The molecule has 0 amide bonds. The standard InChI is InChI=1S/C9H18O/c1-7(10)5-9(4)6-8(9,2)3/h7,10H,5-6H2,1-4H3. The number of hydrogen-bond acceptors (Lipinski definition) is 1. The lowest BCUT2D eigenvalue weighted by molar-refractivity contribution is 0.147. The molecule has 0 radical (unpaired) electrons. The van der Waals surface area contributed by atoms with Crippen molar-refractivity contribution in [2.75, 3.05) is 0 Å². The second-order valence-corrected chi connectivity index (χ2v) is 4.67. The second kappa shape index (κ2) is 1.97. The summed E-state index contributed by atoms with van der Waals surface area (Å²) in [6, 6.07) is 0. The first-order valence-electron chi connectivity index (χ1n) is 4.05. The number of hydrogen-bond donors (Lipinski definition) is 1. The van der Waals surface area contributed by atoms with E-state index < -0.39 is 0 Å². The first-order chi connectivity index (χ1) is 4.37. The Balaban J connectivity index is 2.44. The van der Waals surface area contributed by atoms with E-state index in [4.69, 9.17) is 5.11 Å². The molecule has 2 unspecified atom stereocenters. The molecule has 0 bridgehead atoms. The zero-order valence-electron chi connectivity index (χ0n) is 7.44. The maximum atomic E-state index is 9.16. The van der Waals surface area contributed by atoms with Gasteiger partial charge < -0.3 is 5.11 Å². The van der Waals surface area contributed by atoms with Gasteiger partial charge in [0.15, 0.2) is 0 Å². The summed E-state index contributed by atoms with van der Waals surface area (Å²) in [7, 11) is 0. The molecular weight excluding hydrogens is 124 g/mol. The molecule has 1 saturated carbocycles. The Morgan fingerprint density at radius 1 is 1.40 bits per heavy atom. The first kappa shape index (κ1) is 8.06. The molecule has 1 nitrogen and oxygen atoms in total. The molecule has 2 atom stereocenters. The van der Waals surface area contributed by atoms with Crippen molar-refractivity contribution in [2.24, 2.45) is 10.8 Å². The molecule has 1 aliphatic carbocycles. The van der Waals surface area contributed by atoms with Gasteiger partial charge in [0.05, 0.1) is 6.10 Å². The Bertz CT molecular complexity index is 138. The fourth-order valence-corrected chi connectivity index (χ4v) is 1.93. The molecule has 1 aliphatic rings. The molecule has 1 rings (SSSR count). The lowest BCUT2D eigenvalue weighted by Crippen LogP contribution is -2.12. The van der Waals surface area contributed by atoms with Gasteiger partial charge >= 0.3 is 0 Å². The molecule has 0 aromatic heterocycles. The maximum absolute atomic E-state index is 9.16. The summed E-state index contributed by atoms with van der Waals surface area (Å²) in [5.74, 6) is 0. The van der Waals surface area contributed by atoms with E-state index in [1.165, 1.54) is 6.42 Å². The quantitative estimate of drug-likeness (QED) is 0.626. The Hall–Kier alpha value is -0.0400. The Morgan fingerprint density at radius 2 is 1.80 bits per heavy atom. The van der Waals surface area contributed by atoms with Gasteiger partial charge in [0, 0.05) is 0 Å². The van der Waals surface area contributed by atoms with Crippen molar-refractivity contribution >= 4 is 0 Å². The van der Waals surface area contributed by atoms with Gasteiger partial charge in [-0.25, -0.2) is 0 Å². The van der Waals surface area contributed by atoms with E-state index in [0.717, 1.165) is 6.42 Å². The van der Waals surface area contributed by atoms with Crippen LogP contribution in [0.2, 0.25) is 0 Å².